The fraction of sp³-hybridized carbons (Fsp3) is 0.273. The van der Waals surface area contributed by atoms with E-state index in [4.69, 9.17) is 9.15 Å². The molecule has 0 unspecified atom stereocenters. The van der Waals surface area contributed by atoms with E-state index in [0.717, 1.165) is 10.4 Å². The molecule has 166 valence electrons. The SMILES string of the molecule is COCCNC(=O)[C@H](c1cccs1)N(Cc1ccco1)C(=O)Cn1nnc2ccccc21. The molecule has 1 N–H and O–H groups in total. The number of carbonyl (C=O) groups is 2. The Labute approximate surface area is 188 Å². The molecule has 32 heavy (non-hydrogen) atoms. The van der Waals surface area contributed by atoms with Gasteiger partial charge in [-0.3, -0.25) is 9.59 Å². The molecule has 10 heteroatoms. The zero-order valence-corrected chi connectivity index (χ0v) is 18.3. The molecule has 3 aromatic heterocycles. The maximum Gasteiger partial charge on any atom is 0.248 e. The molecule has 1 aromatic carbocycles. The predicted molar refractivity (Wildman–Crippen MR) is 119 cm³/mol. The number of nitrogens with one attached hydrogen (secondary N) is 1. The van der Waals surface area contributed by atoms with Crippen molar-refractivity contribution in [2.45, 2.75) is 19.1 Å². The number of nitrogens with zero attached hydrogens (tertiary/aromatic N) is 4. The zero-order chi connectivity index (χ0) is 22.3. The van der Waals surface area contributed by atoms with Crippen LogP contribution in [0.25, 0.3) is 11.0 Å². The van der Waals surface area contributed by atoms with Crippen molar-refractivity contribution in [1.29, 1.82) is 0 Å². The molecular formula is C22H23N5O4S. The summed E-state index contributed by atoms with van der Waals surface area (Å²) in [5.74, 6) is 0.0123. The Balaban J connectivity index is 1.65. The van der Waals surface area contributed by atoms with Crippen molar-refractivity contribution in [3.8, 4) is 0 Å². The molecule has 0 aliphatic rings. The van der Waals surface area contributed by atoms with Gasteiger partial charge >= 0.3 is 0 Å². The number of hydrogen-bond acceptors (Lipinski definition) is 7. The van der Waals surface area contributed by atoms with Crippen LogP contribution in [0, 0.1) is 0 Å². The Bertz CT molecular complexity index is 1160. The largest absolute Gasteiger partial charge is 0.467 e. The highest BCUT2D eigenvalue weighted by molar-refractivity contribution is 7.10. The number of thiophene rings is 1. The highest BCUT2D eigenvalue weighted by Gasteiger charge is 2.33. The van der Waals surface area contributed by atoms with Gasteiger partial charge in [-0.2, -0.15) is 0 Å². The van der Waals surface area contributed by atoms with Crippen molar-refractivity contribution in [3.05, 3.63) is 70.8 Å². The van der Waals surface area contributed by atoms with Crippen LogP contribution in [0.2, 0.25) is 0 Å². The van der Waals surface area contributed by atoms with E-state index in [1.165, 1.54) is 16.2 Å². The van der Waals surface area contributed by atoms with Gasteiger partial charge in [0.1, 0.15) is 23.9 Å². The maximum absolute atomic E-state index is 13.5. The van der Waals surface area contributed by atoms with Crippen LogP contribution in [0.1, 0.15) is 16.7 Å². The zero-order valence-electron chi connectivity index (χ0n) is 17.5. The summed E-state index contributed by atoms with van der Waals surface area (Å²) in [4.78, 5) is 29.0. The van der Waals surface area contributed by atoms with Gasteiger partial charge in [-0.05, 0) is 35.7 Å². The van der Waals surface area contributed by atoms with Crippen LogP contribution in [0.5, 0.6) is 0 Å². The number of ether oxygens (including phenoxy) is 1. The minimum Gasteiger partial charge on any atom is -0.467 e. The minimum absolute atomic E-state index is 0.0611. The minimum atomic E-state index is -0.820. The molecule has 1 atom stereocenters. The Morgan fingerprint density at radius 3 is 2.84 bits per heavy atom. The van der Waals surface area contributed by atoms with Crippen molar-refractivity contribution in [3.63, 3.8) is 0 Å². The van der Waals surface area contributed by atoms with Crippen molar-refractivity contribution < 1.29 is 18.7 Å². The number of carbonyl (C=O) groups excluding carboxylic acids is 2. The second-order valence-corrected chi connectivity index (χ2v) is 8.02. The number of para-hydroxylation sites is 1. The van der Waals surface area contributed by atoms with E-state index in [1.54, 1.807) is 30.2 Å². The second kappa shape index (κ2) is 10.2. The summed E-state index contributed by atoms with van der Waals surface area (Å²) in [5, 5.41) is 13.0. The number of methoxy groups -OCH3 is 1. The Morgan fingerprint density at radius 2 is 2.09 bits per heavy atom. The van der Waals surface area contributed by atoms with Crippen molar-refractivity contribution in [2.75, 3.05) is 20.3 Å². The van der Waals surface area contributed by atoms with Gasteiger partial charge in [-0.25, -0.2) is 4.68 Å². The van der Waals surface area contributed by atoms with Crippen LogP contribution in [0.15, 0.2) is 64.6 Å². The van der Waals surface area contributed by atoms with E-state index in [0.29, 0.717) is 24.4 Å². The normalized spacial score (nSPS) is 12.0. The van der Waals surface area contributed by atoms with Gasteiger partial charge in [0.15, 0.2) is 0 Å². The van der Waals surface area contributed by atoms with Gasteiger partial charge in [-0.1, -0.05) is 23.4 Å². The summed E-state index contributed by atoms with van der Waals surface area (Å²) in [6.45, 7) is 0.793. The number of amides is 2. The summed E-state index contributed by atoms with van der Waals surface area (Å²) in [5.41, 5.74) is 1.45. The molecule has 0 aliphatic carbocycles. The molecule has 3 heterocycles. The predicted octanol–water partition coefficient (Wildman–Crippen LogP) is 2.62. The molecule has 0 bridgehead atoms. The smallest absolute Gasteiger partial charge is 0.248 e. The first-order valence-corrected chi connectivity index (χ1v) is 11.0. The standard InChI is InChI=1S/C22H23N5O4S/c1-30-12-10-23-22(29)21(19-9-5-13-32-19)26(14-16-6-4-11-31-16)20(28)15-27-18-8-3-2-7-17(18)24-25-27/h2-9,11,13,21H,10,12,14-15H2,1H3,(H,23,29)/t21-/m0/s1. The number of hydrogen-bond donors (Lipinski definition) is 1. The first kappa shape index (κ1) is 21.7. The van der Waals surface area contributed by atoms with E-state index in [-0.39, 0.29) is 24.9 Å². The summed E-state index contributed by atoms with van der Waals surface area (Å²) in [6, 6.07) is 13.8. The van der Waals surface area contributed by atoms with Crippen LogP contribution in [-0.2, 0) is 27.4 Å². The Morgan fingerprint density at radius 1 is 1.22 bits per heavy atom. The lowest BCUT2D eigenvalue weighted by Crippen LogP contribution is -2.45. The quantitative estimate of drug-likeness (QED) is 0.370. The third kappa shape index (κ3) is 4.87. The highest BCUT2D eigenvalue weighted by Crippen LogP contribution is 2.28. The van der Waals surface area contributed by atoms with Crippen LogP contribution in [0.3, 0.4) is 0 Å². The van der Waals surface area contributed by atoms with Crippen LogP contribution < -0.4 is 5.32 Å². The van der Waals surface area contributed by atoms with Crippen molar-refractivity contribution >= 4 is 34.2 Å². The number of furan rings is 1. The molecule has 0 fully saturated rings. The molecule has 9 nitrogen and oxygen atoms in total. The third-order valence-electron chi connectivity index (χ3n) is 4.91. The molecule has 0 radical (unpaired) electrons. The summed E-state index contributed by atoms with van der Waals surface area (Å²) >= 11 is 1.42. The molecule has 0 spiro atoms. The Kier molecular flexibility index (Phi) is 6.93. The first-order chi connectivity index (χ1) is 15.7. The molecule has 4 rings (SSSR count). The first-order valence-electron chi connectivity index (χ1n) is 10.1. The van der Waals surface area contributed by atoms with E-state index >= 15 is 0 Å². The second-order valence-electron chi connectivity index (χ2n) is 7.04. The van der Waals surface area contributed by atoms with Crippen molar-refractivity contribution in [2.24, 2.45) is 0 Å². The monoisotopic (exact) mass is 453 g/mol. The lowest BCUT2D eigenvalue weighted by atomic mass is 10.1. The van der Waals surface area contributed by atoms with E-state index in [2.05, 4.69) is 15.6 Å². The van der Waals surface area contributed by atoms with E-state index in [1.807, 2.05) is 41.8 Å². The number of aromatic nitrogens is 3. The molecule has 4 aromatic rings. The average molecular weight is 454 g/mol. The van der Waals surface area contributed by atoms with Gasteiger partial charge < -0.3 is 19.4 Å². The van der Waals surface area contributed by atoms with Gasteiger partial charge in [-0.15, -0.1) is 16.4 Å². The molecule has 0 saturated carbocycles. The van der Waals surface area contributed by atoms with E-state index in [9.17, 15) is 9.59 Å². The fourth-order valence-electron chi connectivity index (χ4n) is 3.39. The number of rotatable bonds is 10. The third-order valence-corrected chi connectivity index (χ3v) is 5.83. The van der Waals surface area contributed by atoms with Gasteiger partial charge in [0.05, 0.1) is 24.9 Å². The van der Waals surface area contributed by atoms with Gasteiger partial charge in [0.25, 0.3) is 0 Å². The van der Waals surface area contributed by atoms with Gasteiger partial charge in [0, 0.05) is 18.5 Å². The molecular weight excluding hydrogens is 430 g/mol. The highest BCUT2D eigenvalue weighted by atomic mass is 32.1. The molecule has 0 aliphatic heterocycles. The van der Waals surface area contributed by atoms with Crippen LogP contribution >= 0.6 is 11.3 Å². The van der Waals surface area contributed by atoms with Crippen LogP contribution in [-0.4, -0.2) is 52.0 Å². The summed E-state index contributed by atoms with van der Waals surface area (Å²) in [7, 11) is 1.57. The summed E-state index contributed by atoms with van der Waals surface area (Å²) in [6.07, 6.45) is 1.54. The lowest BCUT2D eigenvalue weighted by molar-refractivity contribution is -0.142. The fourth-order valence-corrected chi connectivity index (χ4v) is 4.23. The Hall–Kier alpha value is -3.50. The van der Waals surface area contributed by atoms with Crippen molar-refractivity contribution in [1.82, 2.24) is 25.2 Å². The summed E-state index contributed by atoms with van der Waals surface area (Å²) < 4.78 is 12.1. The lowest BCUT2D eigenvalue weighted by Gasteiger charge is -2.30. The average Bonchev–Trinajstić information content (AvgIpc) is 3.57. The van der Waals surface area contributed by atoms with Gasteiger partial charge in [0.2, 0.25) is 11.8 Å². The molecule has 2 amide bonds. The number of benzene rings is 1. The van der Waals surface area contributed by atoms with Crippen LogP contribution in [0.4, 0.5) is 0 Å². The number of fused-ring (bicyclic) bond motifs is 1. The maximum atomic E-state index is 13.5. The topological polar surface area (TPSA) is 102 Å². The van der Waals surface area contributed by atoms with E-state index < -0.39 is 6.04 Å². The molecule has 0 saturated heterocycles.